The van der Waals surface area contributed by atoms with Crippen LogP contribution in [0, 0.1) is 0 Å². The highest BCUT2D eigenvalue weighted by Crippen LogP contribution is 1.92. The molecule has 0 aliphatic carbocycles. The standard InChI is InChI=1S/C4H7FO4S/c1-2-8-3-4-10(6,7)9-5/h2H,1,3-4H2. The molecule has 60 valence electrons. The molecule has 0 radical (unpaired) electrons. The zero-order chi connectivity index (χ0) is 8.04. The van der Waals surface area contributed by atoms with Crippen LogP contribution in [0.2, 0.25) is 0 Å². The number of halogens is 1. The second kappa shape index (κ2) is 4.24. The summed E-state index contributed by atoms with van der Waals surface area (Å²) >= 11 is 0. The molecule has 0 amide bonds. The van der Waals surface area contributed by atoms with Gasteiger partial charge in [-0.05, 0) is 4.53 Å². The Bertz CT molecular complexity index is 185. The minimum atomic E-state index is -4.03. The Morgan fingerprint density at radius 3 is 2.60 bits per heavy atom. The molecule has 0 N–H and O–H groups in total. The fourth-order valence-electron chi connectivity index (χ4n) is 0.265. The fourth-order valence-corrected chi connectivity index (χ4v) is 0.628. The number of ether oxygens (including phenoxy) is 1. The van der Waals surface area contributed by atoms with Crippen LogP contribution in [0.4, 0.5) is 4.53 Å². The summed E-state index contributed by atoms with van der Waals surface area (Å²) in [6, 6.07) is 0. The molecule has 0 aromatic rings. The van der Waals surface area contributed by atoms with Crippen LogP contribution in [0.3, 0.4) is 0 Å². The zero-order valence-electron chi connectivity index (χ0n) is 5.12. The van der Waals surface area contributed by atoms with Gasteiger partial charge in [-0.1, -0.05) is 11.0 Å². The number of rotatable bonds is 5. The Labute approximate surface area is 58.3 Å². The third kappa shape index (κ3) is 4.28. The van der Waals surface area contributed by atoms with E-state index in [9.17, 15) is 12.9 Å². The predicted octanol–water partition coefficient (Wildman–Crippen LogP) is 0.377. The van der Waals surface area contributed by atoms with Crippen molar-refractivity contribution in [3.05, 3.63) is 12.8 Å². The van der Waals surface area contributed by atoms with E-state index >= 15 is 0 Å². The van der Waals surface area contributed by atoms with E-state index in [4.69, 9.17) is 0 Å². The summed E-state index contributed by atoms with van der Waals surface area (Å²) in [4.78, 5) is 0. The third-order valence-electron chi connectivity index (χ3n) is 0.665. The average molecular weight is 170 g/mol. The van der Waals surface area contributed by atoms with Crippen LogP contribution >= 0.6 is 0 Å². The largest absolute Gasteiger partial charge is 0.501 e. The van der Waals surface area contributed by atoms with E-state index in [-0.39, 0.29) is 6.61 Å². The van der Waals surface area contributed by atoms with Gasteiger partial charge in [0, 0.05) is 0 Å². The first-order valence-corrected chi connectivity index (χ1v) is 3.95. The maximum Gasteiger partial charge on any atom is 0.301 e. The van der Waals surface area contributed by atoms with Crippen molar-refractivity contribution in [1.29, 1.82) is 0 Å². The summed E-state index contributed by atoms with van der Waals surface area (Å²) in [6.45, 7) is 3.00. The van der Waals surface area contributed by atoms with Crippen molar-refractivity contribution >= 4 is 10.1 Å². The van der Waals surface area contributed by atoms with Crippen LogP contribution in [0.1, 0.15) is 0 Å². The molecule has 0 saturated heterocycles. The molecular formula is C4H7FO4S. The first kappa shape index (κ1) is 9.38. The second-order valence-corrected chi connectivity index (χ2v) is 3.01. The van der Waals surface area contributed by atoms with Crippen molar-refractivity contribution in [2.24, 2.45) is 0 Å². The Morgan fingerprint density at radius 2 is 2.20 bits per heavy atom. The van der Waals surface area contributed by atoms with Gasteiger partial charge in [0.15, 0.2) is 0 Å². The molecule has 0 aliphatic rings. The van der Waals surface area contributed by atoms with Gasteiger partial charge in [-0.3, -0.25) is 0 Å². The summed E-state index contributed by atoms with van der Waals surface area (Å²) in [5.41, 5.74) is 0. The Kier molecular flexibility index (Phi) is 3.97. The highest BCUT2D eigenvalue weighted by Gasteiger charge is 2.10. The normalized spacial score (nSPS) is 10.9. The van der Waals surface area contributed by atoms with E-state index in [1.807, 2.05) is 0 Å². The van der Waals surface area contributed by atoms with Gasteiger partial charge < -0.3 is 4.74 Å². The van der Waals surface area contributed by atoms with Crippen LogP contribution in [-0.2, 0) is 19.2 Å². The van der Waals surface area contributed by atoms with Crippen LogP contribution in [0.15, 0.2) is 12.8 Å². The Hall–Kier alpha value is -0.620. The average Bonchev–Trinajstić information content (AvgIpc) is 1.89. The van der Waals surface area contributed by atoms with Gasteiger partial charge in [0.2, 0.25) is 0 Å². The molecule has 0 aromatic heterocycles. The van der Waals surface area contributed by atoms with Crippen LogP contribution in [0.5, 0.6) is 0 Å². The molecule has 0 unspecified atom stereocenters. The summed E-state index contributed by atoms with van der Waals surface area (Å²) < 4.78 is 38.4. The topological polar surface area (TPSA) is 52.6 Å². The van der Waals surface area contributed by atoms with Gasteiger partial charge in [0.1, 0.15) is 12.4 Å². The van der Waals surface area contributed by atoms with E-state index in [2.05, 4.69) is 15.7 Å². The van der Waals surface area contributed by atoms with Crippen molar-refractivity contribution in [1.82, 2.24) is 0 Å². The van der Waals surface area contributed by atoms with Gasteiger partial charge in [-0.2, -0.15) is 8.42 Å². The molecule has 6 heteroatoms. The zero-order valence-corrected chi connectivity index (χ0v) is 5.93. The third-order valence-corrected chi connectivity index (χ3v) is 1.52. The molecule has 4 nitrogen and oxygen atoms in total. The van der Waals surface area contributed by atoms with Crippen molar-refractivity contribution in [2.45, 2.75) is 0 Å². The van der Waals surface area contributed by atoms with E-state index < -0.39 is 15.9 Å². The van der Waals surface area contributed by atoms with E-state index in [0.717, 1.165) is 6.26 Å². The molecule has 0 spiro atoms. The van der Waals surface area contributed by atoms with Gasteiger partial charge in [-0.15, -0.1) is 0 Å². The number of hydrogen-bond donors (Lipinski definition) is 0. The number of hydrogen-bond acceptors (Lipinski definition) is 4. The van der Waals surface area contributed by atoms with E-state index in [1.54, 1.807) is 0 Å². The lowest BCUT2D eigenvalue weighted by Crippen LogP contribution is -2.10. The first-order chi connectivity index (χ1) is 4.62. The van der Waals surface area contributed by atoms with Crippen LogP contribution in [-0.4, -0.2) is 20.8 Å². The Balaban J connectivity index is 3.58. The smallest absolute Gasteiger partial charge is 0.301 e. The lowest BCUT2D eigenvalue weighted by atomic mass is 10.8. The SMILES string of the molecule is C=COCCS(=O)(=O)OF. The van der Waals surface area contributed by atoms with Crippen molar-refractivity contribution in [3.8, 4) is 0 Å². The lowest BCUT2D eigenvalue weighted by Gasteiger charge is -1.96. The second-order valence-electron chi connectivity index (χ2n) is 1.36. The highest BCUT2D eigenvalue weighted by molar-refractivity contribution is 7.86. The molecule has 0 atom stereocenters. The molecule has 0 aromatic carbocycles. The van der Waals surface area contributed by atoms with Gasteiger partial charge >= 0.3 is 10.1 Å². The monoisotopic (exact) mass is 170 g/mol. The minimum Gasteiger partial charge on any atom is -0.501 e. The maximum atomic E-state index is 11.0. The quantitative estimate of drug-likeness (QED) is 0.442. The van der Waals surface area contributed by atoms with Gasteiger partial charge in [0.25, 0.3) is 0 Å². The molecule has 0 saturated carbocycles. The van der Waals surface area contributed by atoms with Gasteiger partial charge in [0.05, 0.1) is 6.26 Å². The summed E-state index contributed by atoms with van der Waals surface area (Å²) in [6.07, 6.45) is 1.06. The van der Waals surface area contributed by atoms with Crippen molar-refractivity contribution < 1.29 is 22.1 Å². The van der Waals surface area contributed by atoms with Crippen LogP contribution in [0.25, 0.3) is 0 Å². The molecule has 0 fully saturated rings. The molecule has 0 bridgehead atoms. The van der Waals surface area contributed by atoms with E-state index in [0.29, 0.717) is 0 Å². The lowest BCUT2D eigenvalue weighted by molar-refractivity contribution is 0.00227. The molecule has 0 rings (SSSR count). The summed E-state index contributed by atoms with van der Waals surface area (Å²) in [7, 11) is -4.03. The van der Waals surface area contributed by atoms with E-state index in [1.165, 1.54) is 0 Å². The maximum absolute atomic E-state index is 11.0. The predicted molar refractivity (Wildman–Crippen MR) is 32.1 cm³/mol. The minimum absolute atomic E-state index is 0.157. The molecular weight excluding hydrogens is 163 g/mol. The van der Waals surface area contributed by atoms with Crippen molar-refractivity contribution in [2.75, 3.05) is 12.4 Å². The molecule has 0 aliphatic heterocycles. The highest BCUT2D eigenvalue weighted by atomic mass is 32.2. The molecule has 0 heterocycles. The summed E-state index contributed by atoms with van der Waals surface area (Å²) in [5, 5.41) is 0. The van der Waals surface area contributed by atoms with Crippen molar-refractivity contribution in [3.63, 3.8) is 0 Å². The fraction of sp³-hybridized carbons (Fsp3) is 0.500. The first-order valence-electron chi connectivity index (χ1n) is 2.38. The Morgan fingerprint density at radius 1 is 1.60 bits per heavy atom. The molecule has 10 heavy (non-hydrogen) atoms. The van der Waals surface area contributed by atoms with Crippen LogP contribution < -0.4 is 0 Å². The summed E-state index contributed by atoms with van der Waals surface area (Å²) in [5.74, 6) is -0.518. The van der Waals surface area contributed by atoms with Gasteiger partial charge in [-0.25, -0.2) is 0 Å².